The lowest BCUT2D eigenvalue weighted by molar-refractivity contribution is -0.120. The van der Waals surface area contributed by atoms with Crippen molar-refractivity contribution in [2.45, 2.75) is 26.3 Å². The summed E-state index contributed by atoms with van der Waals surface area (Å²) in [6.07, 6.45) is 1.55. The monoisotopic (exact) mass is 476 g/mol. The van der Waals surface area contributed by atoms with Crippen molar-refractivity contribution in [3.05, 3.63) is 87.3 Å². The zero-order valence-corrected chi connectivity index (χ0v) is 19.6. The smallest absolute Gasteiger partial charge is 0.273 e. The second kappa shape index (κ2) is 9.38. The van der Waals surface area contributed by atoms with Gasteiger partial charge in [0.15, 0.2) is 0 Å². The summed E-state index contributed by atoms with van der Waals surface area (Å²) >= 11 is 1.40. The Balaban J connectivity index is 1.44. The van der Waals surface area contributed by atoms with Crippen LogP contribution in [-0.2, 0) is 11.3 Å². The summed E-state index contributed by atoms with van der Waals surface area (Å²) in [6.45, 7) is 3.63. The van der Waals surface area contributed by atoms with Gasteiger partial charge in [-0.25, -0.2) is 9.37 Å². The molecule has 0 unspecified atom stereocenters. The van der Waals surface area contributed by atoms with E-state index >= 15 is 0 Å². The topological polar surface area (TPSA) is 67.2 Å². The number of carbonyl (C=O) groups is 1. The molecule has 174 valence electrons. The first-order valence-corrected chi connectivity index (χ1v) is 12.2. The van der Waals surface area contributed by atoms with Gasteiger partial charge < -0.3 is 10.2 Å². The molecule has 1 N–H and O–H groups in total. The Morgan fingerprint density at radius 2 is 1.91 bits per heavy atom. The zero-order valence-electron chi connectivity index (χ0n) is 18.8. The summed E-state index contributed by atoms with van der Waals surface area (Å²) in [4.78, 5) is 33.3. The van der Waals surface area contributed by atoms with Crippen LogP contribution in [0.3, 0.4) is 0 Å². The van der Waals surface area contributed by atoms with Gasteiger partial charge in [0, 0.05) is 18.8 Å². The van der Waals surface area contributed by atoms with Crippen molar-refractivity contribution >= 4 is 39.1 Å². The van der Waals surface area contributed by atoms with Gasteiger partial charge in [0.2, 0.25) is 11.9 Å². The van der Waals surface area contributed by atoms with E-state index in [-0.39, 0.29) is 23.2 Å². The fourth-order valence-corrected chi connectivity index (χ4v) is 5.12. The number of amides is 1. The van der Waals surface area contributed by atoms with E-state index in [1.165, 1.54) is 23.5 Å². The Bertz CT molecular complexity index is 1380. The van der Waals surface area contributed by atoms with Crippen LogP contribution in [0.1, 0.15) is 24.0 Å². The summed E-state index contributed by atoms with van der Waals surface area (Å²) in [5.41, 5.74) is 3.37. The molecule has 3 heterocycles. The van der Waals surface area contributed by atoms with Gasteiger partial charge in [-0.1, -0.05) is 29.8 Å². The van der Waals surface area contributed by atoms with Crippen molar-refractivity contribution in [3.63, 3.8) is 0 Å². The number of halogens is 1. The van der Waals surface area contributed by atoms with Crippen LogP contribution in [-0.4, -0.2) is 28.5 Å². The van der Waals surface area contributed by atoms with Gasteiger partial charge in [-0.3, -0.25) is 14.2 Å². The summed E-state index contributed by atoms with van der Waals surface area (Å²) < 4.78 is 15.6. The van der Waals surface area contributed by atoms with E-state index in [2.05, 4.69) is 5.32 Å². The molecule has 1 saturated heterocycles. The summed E-state index contributed by atoms with van der Waals surface area (Å²) in [5.74, 6) is -0.124. The lowest BCUT2D eigenvalue weighted by Crippen LogP contribution is -2.43. The highest BCUT2D eigenvalue weighted by Gasteiger charge is 2.29. The minimum absolute atomic E-state index is 0.0616. The Morgan fingerprint density at radius 3 is 2.68 bits per heavy atom. The number of hydrogen-bond acceptors (Lipinski definition) is 5. The Kier molecular flexibility index (Phi) is 6.15. The molecule has 0 bridgehead atoms. The van der Waals surface area contributed by atoms with Crippen LogP contribution in [0.15, 0.2) is 64.8 Å². The number of rotatable bonds is 5. The quantitative estimate of drug-likeness (QED) is 0.449. The highest BCUT2D eigenvalue weighted by Crippen LogP contribution is 2.26. The van der Waals surface area contributed by atoms with E-state index in [0.717, 1.165) is 30.5 Å². The summed E-state index contributed by atoms with van der Waals surface area (Å²) in [6, 6.07) is 15.8. The molecule has 8 heteroatoms. The second-order valence-corrected chi connectivity index (χ2v) is 9.62. The van der Waals surface area contributed by atoms with Crippen LogP contribution in [0.25, 0.3) is 10.2 Å². The lowest BCUT2D eigenvalue weighted by atomic mass is 9.97. The molecule has 1 aliphatic heterocycles. The van der Waals surface area contributed by atoms with Gasteiger partial charge in [0.1, 0.15) is 10.5 Å². The number of anilines is 2. The van der Waals surface area contributed by atoms with Gasteiger partial charge in [0.25, 0.3) is 5.56 Å². The number of thiophene rings is 1. The van der Waals surface area contributed by atoms with E-state index in [1.807, 2.05) is 47.5 Å². The van der Waals surface area contributed by atoms with Crippen molar-refractivity contribution < 1.29 is 9.18 Å². The zero-order chi connectivity index (χ0) is 23.7. The molecule has 1 atom stereocenters. The van der Waals surface area contributed by atoms with Gasteiger partial charge in [-0.15, -0.1) is 11.3 Å². The molecular formula is C26H25FN4O2S. The van der Waals surface area contributed by atoms with E-state index in [1.54, 1.807) is 16.7 Å². The third-order valence-corrected chi connectivity index (χ3v) is 7.09. The molecule has 2 aromatic heterocycles. The average Bonchev–Trinajstić information content (AvgIpc) is 3.33. The number of piperidine rings is 1. The Morgan fingerprint density at radius 1 is 1.15 bits per heavy atom. The highest BCUT2D eigenvalue weighted by molar-refractivity contribution is 7.17. The molecule has 5 rings (SSSR count). The first-order chi connectivity index (χ1) is 16.5. The molecule has 1 fully saturated rings. The van der Waals surface area contributed by atoms with E-state index in [9.17, 15) is 14.0 Å². The molecular weight excluding hydrogens is 451 g/mol. The molecule has 0 saturated carbocycles. The Hall–Kier alpha value is -3.52. The minimum atomic E-state index is -0.344. The fourth-order valence-electron chi connectivity index (χ4n) is 4.34. The molecule has 0 spiro atoms. The maximum atomic E-state index is 13.4. The van der Waals surface area contributed by atoms with Gasteiger partial charge in [0.05, 0.1) is 18.0 Å². The third-order valence-electron chi connectivity index (χ3n) is 6.19. The molecule has 34 heavy (non-hydrogen) atoms. The van der Waals surface area contributed by atoms with Crippen LogP contribution in [0.4, 0.5) is 16.0 Å². The number of nitrogens with one attached hydrogen (secondary N) is 1. The maximum absolute atomic E-state index is 13.4. The van der Waals surface area contributed by atoms with E-state index < -0.39 is 0 Å². The molecule has 2 aromatic carbocycles. The molecule has 1 amide bonds. The first kappa shape index (κ1) is 22.3. The number of nitrogens with zero attached hydrogens (tertiary/aromatic N) is 3. The molecule has 0 radical (unpaired) electrons. The number of aromatic nitrogens is 2. The number of carbonyl (C=O) groups excluding carboxylic acids is 1. The Labute approximate surface area is 200 Å². The second-order valence-electron chi connectivity index (χ2n) is 8.70. The molecule has 0 aliphatic carbocycles. The predicted octanol–water partition coefficient (Wildman–Crippen LogP) is 4.81. The molecule has 1 aliphatic rings. The number of benzene rings is 2. The van der Waals surface area contributed by atoms with Crippen LogP contribution in [0.5, 0.6) is 0 Å². The van der Waals surface area contributed by atoms with Crippen LogP contribution in [0.2, 0.25) is 0 Å². The largest absolute Gasteiger partial charge is 0.341 e. The molecule has 4 aromatic rings. The highest BCUT2D eigenvalue weighted by atomic mass is 32.1. The van der Waals surface area contributed by atoms with Gasteiger partial charge >= 0.3 is 0 Å². The van der Waals surface area contributed by atoms with E-state index in [0.29, 0.717) is 34.9 Å². The molecule has 6 nitrogen and oxygen atoms in total. The van der Waals surface area contributed by atoms with Gasteiger partial charge in [-0.2, -0.15) is 0 Å². The maximum Gasteiger partial charge on any atom is 0.273 e. The minimum Gasteiger partial charge on any atom is -0.341 e. The third kappa shape index (κ3) is 4.59. The standard InChI is InChI=1S/C26H25FN4O2S/c1-17-4-6-18(7-5-17)15-31-25(33)23-22(12-14-34-23)29-26(31)30-13-2-3-19(16-30)24(32)28-21-10-8-20(27)9-11-21/h4-12,14,19H,2-3,13,15-16H2,1H3,(H,28,32)/t19-/m0/s1. The van der Waals surface area contributed by atoms with Crippen molar-refractivity contribution in [1.29, 1.82) is 0 Å². The van der Waals surface area contributed by atoms with Crippen LogP contribution >= 0.6 is 11.3 Å². The number of fused-ring (bicyclic) bond motifs is 1. The van der Waals surface area contributed by atoms with Crippen LogP contribution in [0, 0.1) is 18.7 Å². The van der Waals surface area contributed by atoms with Crippen molar-refractivity contribution in [3.8, 4) is 0 Å². The number of aryl methyl sites for hydroxylation is 1. The van der Waals surface area contributed by atoms with Gasteiger partial charge in [-0.05, 0) is 61.0 Å². The summed E-state index contributed by atoms with van der Waals surface area (Å²) in [7, 11) is 0. The van der Waals surface area contributed by atoms with Crippen molar-refractivity contribution in [2.24, 2.45) is 5.92 Å². The van der Waals surface area contributed by atoms with Crippen LogP contribution < -0.4 is 15.8 Å². The average molecular weight is 477 g/mol. The lowest BCUT2D eigenvalue weighted by Gasteiger charge is -2.34. The first-order valence-electron chi connectivity index (χ1n) is 11.3. The normalized spacial score (nSPS) is 16.1. The fraction of sp³-hybridized carbons (Fsp3) is 0.269. The van der Waals surface area contributed by atoms with E-state index in [4.69, 9.17) is 4.98 Å². The SMILES string of the molecule is Cc1ccc(Cn2c(N3CCC[C@H](C(=O)Nc4ccc(F)cc4)C3)nc3ccsc3c2=O)cc1. The summed E-state index contributed by atoms with van der Waals surface area (Å²) in [5, 5.41) is 4.77. The number of hydrogen-bond donors (Lipinski definition) is 1. The predicted molar refractivity (Wildman–Crippen MR) is 134 cm³/mol. The van der Waals surface area contributed by atoms with Crippen molar-refractivity contribution in [1.82, 2.24) is 9.55 Å². The van der Waals surface area contributed by atoms with Crippen molar-refractivity contribution in [2.75, 3.05) is 23.3 Å².